The molecule has 0 spiro atoms. The predicted molar refractivity (Wildman–Crippen MR) is 96.8 cm³/mol. The van der Waals surface area contributed by atoms with Gasteiger partial charge in [-0.25, -0.2) is 4.79 Å². The maximum Gasteiger partial charge on any atom is 0.412 e. The van der Waals surface area contributed by atoms with E-state index in [0.29, 0.717) is 12.4 Å². The van der Waals surface area contributed by atoms with Crippen LogP contribution in [0, 0.1) is 13.8 Å². The highest BCUT2D eigenvalue weighted by Crippen LogP contribution is 2.44. The van der Waals surface area contributed by atoms with Crippen LogP contribution in [0.15, 0.2) is 48.5 Å². The van der Waals surface area contributed by atoms with E-state index in [1.165, 1.54) is 22.3 Å². The molecule has 1 aromatic heterocycles. The number of nitrogens with one attached hydrogen (secondary N) is 2. The zero-order valence-corrected chi connectivity index (χ0v) is 14.2. The van der Waals surface area contributed by atoms with Gasteiger partial charge in [-0.05, 0) is 36.1 Å². The van der Waals surface area contributed by atoms with Crippen molar-refractivity contribution in [1.29, 1.82) is 0 Å². The molecular weight excluding hydrogens is 314 g/mol. The van der Waals surface area contributed by atoms with Gasteiger partial charge in [0, 0.05) is 17.2 Å². The average molecular weight is 333 g/mol. The molecule has 1 amide bonds. The van der Waals surface area contributed by atoms with Crippen molar-refractivity contribution in [2.24, 2.45) is 0 Å². The highest BCUT2D eigenvalue weighted by molar-refractivity contribution is 5.84. The Kier molecular flexibility index (Phi) is 3.76. The Morgan fingerprint density at radius 3 is 2.24 bits per heavy atom. The van der Waals surface area contributed by atoms with Crippen LogP contribution in [0.25, 0.3) is 11.1 Å². The number of nitrogens with zero attached hydrogens (tertiary/aromatic N) is 1. The van der Waals surface area contributed by atoms with Crippen LogP contribution < -0.4 is 5.32 Å². The fraction of sp³-hybridized carbons (Fsp3) is 0.200. The number of carbonyl (C=O) groups excluding carboxylic acids is 1. The van der Waals surface area contributed by atoms with E-state index in [4.69, 9.17) is 4.74 Å². The zero-order chi connectivity index (χ0) is 17.4. The molecule has 0 saturated carbocycles. The van der Waals surface area contributed by atoms with Crippen molar-refractivity contribution in [2.45, 2.75) is 19.8 Å². The van der Waals surface area contributed by atoms with Gasteiger partial charge in [0.1, 0.15) is 6.61 Å². The van der Waals surface area contributed by atoms with Crippen molar-refractivity contribution in [1.82, 2.24) is 10.2 Å². The molecule has 2 aromatic carbocycles. The summed E-state index contributed by atoms with van der Waals surface area (Å²) >= 11 is 0. The maximum absolute atomic E-state index is 12.2. The van der Waals surface area contributed by atoms with Gasteiger partial charge in [-0.15, -0.1) is 0 Å². The van der Waals surface area contributed by atoms with Crippen LogP contribution >= 0.6 is 0 Å². The number of aryl methyl sites for hydroxylation is 1. The molecule has 1 heterocycles. The van der Waals surface area contributed by atoms with Gasteiger partial charge in [0.05, 0.1) is 0 Å². The highest BCUT2D eigenvalue weighted by atomic mass is 16.5. The van der Waals surface area contributed by atoms with Crippen LogP contribution in [0.3, 0.4) is 0 Å². The van der Waals surface area contributed by atoms with Crippen LogP contribution in [0.4, 0.5) is 10.6 Å². The SMILES string of the molecule is Cc1[nH]nc(NC(=O)OCC2c3ccccc3-c3ccccc32)c1C. The Morgan fingerprint density at radius 1 is 1.08 bits per heavy atom. The quantitative estimate of drug-likeness (QED) is 0.747. The van der Waals surface area contributed by atoms with Crippen LogP contribution in [-0.4, -0.2) is 22.9 Å². The van der Waals surface area contributed by atoms with Gasteiger partial charge < -0.3 is 4.74 Å². The summed E-state index contributed by atoms with van der Waals surface area (Å²) in [7, 11) is 0. The molecule has 0 radical (unpaired) electrons. The van der Waals surface area contributed by atoms with Gasteiger partial charge in [-0.3, -0.25) is 10.4 Å². The summed E-state index contributed by atoms with van der Waals surface area (Å²) in [4.78, 5) is 12.2. The van der Waals surface area contributed by atoms with E-state index in [2.05, 4.69) is 39.8 Å². The number of anilines is 1. The fourth-order valence-corrected chi connectivity index (χ4v) is 3.34. The van der Waals surface area contributed by atoms with Crippen LogP contribution in [-0.2, 0) is 4.74 Å². The van der Waals surface area contributed by atoms with E-state index in [9.17, 15) is 4.79 Å². The molecule has 0 fully saturated rings. The van der Waals surface area contributed by atoms with E-state index in [1.807, 2.05) is 38.1 Å². The molecule has 4 rings (SSSR count). The molecule has 2 N–H and O–H groups in total. The number of amides is 1. The number of hydrogen-bond donors (Lipinski definition) is 2. The summed E-state index contributed by atoms with van der Waals surface area (Å²) in [5.74, 6) is 0.565. The molecule has 0 aliphatic heterocycles. The third-order valence-corrected chi connectivity index (χ3v) is 4.82. The molecule has 3 aromatic rings. The number of aromatic nitrogens is 2. The minimum Gasteiger partial charge on any atom is -0.448 e. The summed E-state index contributed by atoms with van der Waals surface area (Å²) in [5, 5.41) is 9.61. The number of hydrogen-bond acceptors (Lipinski definition) is 3. The number of rotatable bonds is 3. The first-order chi connectivity index (χ1) is 12.1. The standard InChI is InChI=1S/C20H19N3O2/c1-12-13(2)22-23-19(12)21-20(24)25-11-18-16-9-5-3-7-14(16)15-8-4-6-10-17(15)18/h3-10,18H,11H2,1-2H3,(H2,21,22,23,24). The Labute approximate surface area is 146 Å². The van der Waals surface area contributed by atoms with E-state index >= 15 is 0 Å². The van der Waals surface area contributed by atoms with E-state index < -0.39 is 6.09 Å². The smallest absolute Gasteiger partial charge is 0.412 e. The summed E-state index contributed by atoms with van der Waals surface area (Å²) in [5.41, 5.74) is 6.66. The molecule has 126 valence electrons. The van der Waals surface area contributed by atoms with Gasteiger partial charge in [-0.2, -0.15) is 5.10 Å². The molecule has 5 nitrogen and oxygen atoms in total. The van der Waals surface area contributed by atoms with Crippen molar-refractivity contribution in [2.75, 3.05) is 11.9 Å². The first-order valence-corrected chi connectivity index (χ1v) is 8.28. The fourth-order valence-electron chi connectivity index (χ4n) is 3.34. The lowest BCUT2D eigenvalue weighted by Gasteiger charge is -2.14. The Balaban J connectivity index is 1.51. The maximum atomic E-state index is 12.2. The molecule has 0 bridgehead atoms. The first-order valence-electron chi connectivity index (χ1n) is 8.28. The number of benzene rings is 2. The first kappa shape index (κ1) is 15.4. The number of fused-ring (bicyclic) bond motifs is 3. The average Bonchev–Trinajstić information content (AvgIpc) is 3.12. The van der Waals surface area contributed by atoms with Crippen molar-refractivity contribution >= 4 is 11.9 Å². The van der Waals surface area contributed by atoms with Gasteiger partial charge in [0.2, 0.25) is 0 Å². The second-order valence-corrected chi connectivity index (χ2v) is 6.27. The van der Waals surface area contributed by atoms with Crippen molar-refractivity contribution in [3.05, 3.63) is 70.9 Å². The second kappa shape index (κ2) is 6.09. The van der Waals surface area contributed by atoms with Crippen LogP contribution in [0.1, 0.15) is 28.3 Å². The van der Waals surface area contributed by atoms with Crippen molar-refractivity contribution in [3.8, 4) is 11.1 Å². The minimum absolute atomic E-state index is 0.0557. The van der Waals surface area contributed by atoms with Crippen LogP contribution in [0.2, 0.25) is 0 Å². The predicted octanol–water partition coefficient (Wildman–Crippen LogP) is 4.39. The molecule has 0 unspecified atom stereocenters. The number of carbonyl (C=O) groups is 1. The number of H-pyrrole nitrogens is 1. The normalized spacial score (nSPS) is 12.6. The molecule has 5 heteroatoms. The van der Waals surface area contributed by atoms with Gasteiger partial charge in [0.25, 0.3) is 0 Å². The van der Waals surface area contributed by atoms with E-state index in [0.717, 1.165) is 11.3 Å². The molecule has 1 aliphatic rings. The molecule has 1 aliphatic carbocycles. The Hall–Kier alpha value is -3.08. The van der Waals surface area contributed by atoms with Crippen LogP contribution in [0.5, 0.6) is 0 Å². The lowest BCUT2D eigenvalue weighted by molar-refractivity contribution is 0.158. The third-order valence-electron chi connectivity index (χ3n) is 4.82. The van der Waals surface area contributed by atoms with Crippen molar-refractivity contribution in [3.63, 3.8) is 0 Å². The lowest BCUT2D eigenvalue weighted by Crippen LogP contribution is -2.18. The molecule has 0 saturated heterocycles. The number of aromatic amines is 1. The van der Waals surface area contributed by atoms with Gasteiger partial charge in [0.15, 0.2) is 5.82 Å². The summed E-state index contributed by atoms with van der Waals surface area (Å²) in [6.45, 7) is 4.10. The Morgan fingerprint density at radius 2 is 1.68 bits per heavy atom. The van der Waals surface area contributed by atoms with Gasteiger partial charge >= 0.3 is 6.09 Å². The zero-order valence-electron chi connectivity index (χ0n) is 14.2. The van der Waals surface area contributed by atoms with Gasteiger partial charge in [-0.1, -0.05) is 48.5 Å². The van der Waals surface area contributed by atoms with Crippen molar-refractivity contribution < 1.29 is 9.53 Å². The van der Waals surface area contributed by atoms with E-state index in [1.54, 1.807) is 0 Å². The molecule has 25 heavy (non-hydrogen) atoms. The summed E-state index contributed by atoms with van der Waals surface area (Å²) in [6.07, 6.45) is -0.489. The number of ether oxygens (including phenoxy) is 1. The topological polar surface area (TPSA) is 67.0 Å². The molecule has 0 atom stereocenters. The summed E-state index contributed by atoms with van der Waals surface area (Å²) < 4.78 is 5.50. The van der Waals surface area contributed by atoms with E-state index in [-0.39, 0.29) is 5.92 Å². The largest absolute Gasteiger partial charge is 0.448 e. The minimum atomic E-state index is -0.489. The molecular formula is C20H19N3O2. The summed E-state index contributed by atoms with van der Waals surface area (Å²) in [6, 6.07) is 16.5. The second-order valence-electron chi connectivity index (χ2n) is 6.27. The third kappa shape index (κ3) is 2.67. The lowest BCUT2D eigenvalue weighted by atomic mass is 9.98. The monoisotopic (exact) mass is 333 g/mol. The Bertz CT molecular complexity index is 900. The highest BCUT2D eigenvalue weighted by Gasteiger charge is 2.29.